The molecule has 0 spiro atoms. The molecule has 1 heterocycles. The number of unbranched alkanes of at least 4 members (excludes halogenated alkanes) is 1. The number of nitrogens with one attached hydrogen (secondary N) is 1. The van der Waals surface area contributed by atoms with E-state index >= 15 is 0 Å². The molecule has 3 aromatic carbocycles. The molecule has 43 heavy (non-hydrogen) atoms. The molecule has 226 valence electrons. The summed E-state index contributed by atoms with van der Waals surface area (Å²) in [6, 6.07) is 21.3. The number of amides is 2. The van der Waals surface area contributed by atoms with Crippen LogP contribution in [0.5, 0.6) is 11.5 Å². The van der Waals surface area contributed by atoms with E-state index in [-0.39, 0.29) is 24.3 Å². The van der Waals surface area contributed by atoms with Gasteiger partial charge in [-0.15, -0.1) is 0 Å². The third-order valence-electron chi connectivity index (χ3n) is 7.04. The maximum atomic E-state index is 12.7. The number of hydrogen-bond acceptors (Lipinski definition) is 7. The van der Waals surface area contributed by atoms with E-state index in [1.807, 2.05) is 31.2 Å². The number of hydrogen-bond donors (Lipinski definition) is 1. The van der Waals surface area contributed by atoms with Crippen molar-refractivity contribution in [2.75, 3.05) is 30.0 Å². The fourth-order valence-corrected chi connectivity index (χ4v) is 4.50. The first-order valence-corrected chi connectivity index (χ1v) is 14.5. The van der Waals surface area contributed by atoms with Crippen LogP contribution in [-0.2, 0) is 29.3 Å². The SMILES string of the molecule is CCCCOC(=O)c1ccc(NC(=O)COC(=O)[C@@H]2CC(=O)N(c3ccc(Oc4ccc(C(C)(C)C)cc4)cc3)C2)cc1. The molecule has 2 amide bonds. The van der Waals surface area contributed by atoms with Crippen LogP contribution >= 0.6 is 0 Å². The number of nitrogens with zero attached hydrogens (tertiary/aromatic N) is 1. The molecular weight excluding hydrogens is 548 g/mol. The van der Waals surface area contributed by atoms with Crippen LogP contribution in [0, 0.1) is 5.92 Å². The van der Waals surface area contributed by atoms with Gasteiger partial charge in [0.05, 0.1) is 18.1 Å². The third-order valence-corrected chi connectivity index (χ3v) is 7.04. The van der Waals surface area contributed by atoms with Crippen molar-refractivity contribution in [2.45, 2.75) is 52.4 Å². The molecule has 9 nitrogen and oxygen atoms in total. The molecule has 0 saturated carbocycles. The molecular formula is C34H38N2O7. The van der Waals surface area contributed by atoms with Gasteiger partial charge in [-0.05, 0) is 78.1 Å². The van der Waals surface area contributed by atoms with Crippen molar-refractivity contribution in [3.8, 4) is 11.5 Å². The summed E-state index contributed by atoms with van der Waals surface area (Å²) in [7, 11) is 0. The summed E-state index contributed by atoms with van der Waals surface area (Å²) in [4.78, 5) is 51.2. The molecule has 3 aromatic rings. The fourth-order valence-electron chi connectivity index (χ4n) is 4.50. The maximum absolute atomic E-state index is 12.7. The summed E-state index contributed by atoms with van der Waals surface area (Å²) in [6.07, 6.45) is 1.72. The second kappa shape index (κ2) is 14.0. The average molecular weight is 587 g/mol. The van der Waals surface area contributed by atoms with Crippen molar-refractivity contribution in [3.05, 3.63) is 83.9 Å². The molecule has 1 saturated heterocycles. The highest BCUT2D eigenvalue weighted by molar-refractivity contribution is 6.00. The molecule has 0 unspecified atom stereocenters. The number of ether oxygens (including phenoxy) is 3. The van der Waals surface area contributed by atoms with Gasteiger partial charge in [0.1, 0.15) is 11.5 Å². The molecule has 0 aliphatic carbocycles. The lowest BCUT2D eigenvalue weighted by Crippen LogP contribution is -2.28. The molecule has 1 aliphatic rings. The monoisotopic (exact) mass is 586 g/mol. The van der Waals surface area contributed by atoms with Crippen molar-refractivity contribution in [3.63, 3.8) is 0 Å². The van der Waals surface area contributed by atoms with Gasteiger partial charge in [-0.25, -0.2) is 4.79 Å². The number of carbonyl (C=O) groups is 4. The first kappa shape index (κ1) is 31.3. The van der Waals surface area contributed by atoms with E-state index in [0.29, 0.717) is 35.0 Å². The maximum Gasteiger partial charge on any atom is 0.338 e. The molecule has 1 atom stereocenters. The van der Waals surface area contributed by atoms with Crippen LogP contribution < -0.4 is 15.0 Å². The van der Waals surface area contributed by atoms with Crippen LogP contribution in [0.4, 0.5) is 11.4 Å². The third kappa shape index (κ3) is 8.67. The Kier molecular flexibility index (Phi) is 10.2. The first-order valence-electron chi connectivity index (χ1n) is 14.5. The van der Waals surface area contributed by atoms with Crippen molar-refractivity contribution >= 4 is 35.1 Å². The highest BCUT2D eigenvalue weighted by atomic mass is 16.5. The Hall–Kier alpha value is -4.66. The Morgan fingerprint density at radius 1 is 0.884 bits per heavy atom. The first-order chi connectivity index (χ1) is 20.5. The molecule has 4 rings (SSSR count). The van der Waals surface area contributed by atoms with E-state index in [4.69, 9.17) is 14.2 Å². The number of esters is 2. The summed E-state index contributed by atoms with van der Waals surface area (Å²) in [5, 5.41) is 2.62. The standard InChI is InChI=1S/C34H38N2O7/c1-5-6-19-41-32(39)23-7-11-26(12-8-23)35-30(37)22-42-33(40)24-20-31(38)36(21-24)27-13-17-29(18-14-27)43-28-15-9-25(10-16-28)34(2,3)4/h7-18,24H,5-6,19-22H2,1-4H3,(H,35,37)/t24-/m1/s1. The van der Waals surface area contributed by atoms with E-state index in [1.165, 1.54) is 10.5 Å². The molecule has 0 aromatic heterocycles. The van der Waals surface area contributed by atoms with Gasteiger partial charge in [0, 0.05) is 24.3 Å². The normalized spacial score (nSPS) is 14.7. The predicted octanol–water partition coefficient (Wildman–Crippen LogP) is 6.27. The Balaban J connectivity index is 1.23. The largest absolute Gasteiger partial charge is 0.462 e. The molecule has 0 radical (unpaired) electrons. The van der Waals surface area contributed by atoms with Crippen molar-refractivity contribution in [1.29, 1.82) is 0 Å². The lowest BCUT2D eigenvalue weighted by molar-refractivity contribution is -0.151. The fraction of sp³-hybridized carbons (Fsp3) is 0.353. The smallest absolute Gasteiger partial charge is 0.338 e. The van der Waals surface area contributed by atoms with Gasteiger partial charge < -0.3 is 24.4 Å². The highest BCUT2D eigenvalue weighted by Gasteiger charge is 2.36. The van der Waals surface area contributed by atoms with Crippen molar-refractivity contribution < 1.29 is 33.4 Å². The van der Waals surface area contributed by atoms with Crippen LogP contribution in [-0.4, -0.2) is 43.5 Å². The van der Waals surface area contributed by atoms with Crippen LogP contribution in [0.15, 0.2) is 72.8 Å². The zero-order valence-corrected chi connectivity index (χ0v) is 25.1. The second-order valence-corrected chi connectivity index (χ2v) is 11.5. The molecule has 1 fully saturated rings. The lowest BCUT2D eigenvalue weighted by atomic mass is 9.87. The molecule has 9 heteroatoms. The number of rotatable bonds is 11. The Morgan fingerprint density at radius 3 is 2.12 bits per heavy atom. The van der Waals surface area contributed by atoms with Gasteiger partial charge in [0.2, 0.25) is 5.91 Å². The topological polar surface area (TPSA) is 111 Å². The van der Waals surface area contributed by atoms with E-state index < -0.39 is 30.4 Å². The van der Waals surface area contributed by atoms with Crippen LogP contribution in [0.2, 0.25) is 0 Å². The summed E-state index contributed by atoms with van der Waals surface area (Å²) in [6.45, 7) is 8.49. The van der Waals surface area contributed by atoms with Gasteiger partial charge >= 0.3 is 11.9 Å². The quantitative estimate of drug-likeness (QED) is 0.208. The van der Waals surface area contributed by atoms with E-state index in [9.17, 15) is 19.2 Å². The summed E-state index contributed by atoms with van der Waals surface area (Å²) in [5.41, 5.74) is 2.74. The van der Waals surface area contributed by atoms with Gasteiger partial charge in [0.25, 0.3) is 5.91 Å². The van der Waals surface area contributed by atoms with Gasteiger partial charge in [-0.1, -0.05) is 46.2 Å². The Bertz CT molecular complexity index is 1430. The number of benzene rings is 3. The minimum Gasteiger partial charge on any atom is -0.462 e. The number of anilines is 2. The highest BCUT2D eigenvalue weighted by Crippen LogP contribution is 2.30. The van der Waals surface area contributed by atoms with Gasteiger partial charge in [-0.3, -0.25) is 14.4 Å². The Labute approximate surface area is 252 Å². The second-order valence-electron chi connectivity index (χ2n) is 11.5. The van der Waals surface area contributed by atoms with E-state index in [1.54, 1.807) is 48.5 Å². The zero-order valence-electron chi connectivity index (χ0n) is 25.1. The molecule has 0 bridgehead atoms. The summed E-state index contributed by atoms with van der Waals surface area (Å²) >= 11 is 0. The Morgan fingerprint density at radius 2 is 1.51 bits per heavy atom. The molecule has 1 N–H and O–H groups in total. The van der Waals surface area contributed by atoms with E-state index in [0.717, 1.165) is 12.8 Å². The zero-order chi connectivity index (χ0) is 31.0. The van der Waals surface area contributed by atoms with Crippen LogP contribution in [0.25, 0.3) is 0 Å². The lowest BCUT2D eigenvalue weighted by Gasteiger charge is -2.19. The van der Waals surface area contributed by atoms with Crippen molar-refractivity contribution in [2.24, 2.45) is 5.92 Å². The van der Waals surface area contributed by atoms with Crippen LogP contribution in [0.1, 0.15) is 62.9 Å². The minimum absolute atomic E-state index is 0.00531. The predicted molar refractivity (Wildman–Crippen MR) is 163 cm³/mol. The van der Waals surface area contributed by atoms with E-state index in [2.05, 4.69) is 26.1 Å². The minimum atomic E-state index is -0.685. The van der Waals surface area contributed by atoms with Crippen LogP contribution in [0.3, 0.4) is 0 Å². The van der Waals surface area contributed by atoms with Crippen molar-refractivity contribution in [1.82, 2.24) is 0 Å². The summed E-state index contributed by atoms with van der Waals surface area (Å²) in [5.74, 6) is -1.12. The molecule has 1 aliphatic heterocycles. The average Bonchev–Trinajstić information content (AvgIpc) is 3.38. The summed E-state index contributed by atoms with van der Waals surface area (Å²) < 4.78 is 16.3. The van der Waals surface area contributed by atoms with Gasteiger partial charge in [0.15, 0.2) is 6.61 Å². The van der Waals surface area contributed by atoms with Gasteiger partial charge in [-0.2, -0.15) is 0 Å². The number of carbonyl (C=O) groups excluding carboxylic acids is 4.